The summed E-state index contributed by atoms with van der Waals surface area (Å²) in [6.45, 7) is 3.34. The van der Waals surface area contributed by atoms with Gasteiger partial charge in [-0.3, -0.25) is 4.98 Å². The lowest BCUT2D eigenvalue weighted by molar-refractivity contribution is 0.311. The number of halogens is 3. The molecule has 1 atom stereocenters. The second-order valence-electron chi connectivity index (χ2n) is 6.21. The highest BCUT2D eigenvalue weighted by molar-refractivity contribution is 7.89. The molecule has 0 saturated heterocycles. The van der Waals surface area contributed by atoms with Crippen molar-refractivity contribution in [1.29, 1.82) is 0 Å². The molecular weight excluding hydrogens is 397 g/mol. The highest BCUT2D eigenvalue weighted by Gasteiger charge is 2.31. The predicted molar refractivity (Wildman–Crippen MR) is 91.7 cm³/mol. The zero-order chi connectivity index (χ0) is 20.5. The summed E-state index contributed by atoms with van der Waals surface area (Å²) < 4.78 is 72.9. The monoisotopic (exact) mass is 412 g/mol. The van der Waals surface area contributed by atoms with Gasteiger partial charge in [0.05, 0.1) is 0 Å². The molecule has 2 heterocycles. The lowest BCUT2D eigenvalue weighted by Gasteiger charge is -2.18. The number of aromatic nitrogens is 3. The van der Waals surface area contributed by atoms with Crippen LogP contribution in [0.5, 0.6) is 0 Å². The molecule has 3 rings (SSSR count). The molecule has 0 amide bonds. The SMILES string of the molecule is CC(C)C(NS(=O)(=O)c1ccc(F)c(F)c1F)c1nc(-c2ccncc2)no1. The molecule has 3 aromatic rings. The molecule has 11 heteroatoms. The van der Waals surface area contributed by atoms with Crippen molar-refractivity contribution in [2.75, 3.05) is 0 Å². The van der Waals surface area contributed by atoms with Crippen LogP contribution in [0.2, 0.25) is 0 Å². The van der Waals surface area contributed by atoms with Crippen LogP contribution in [-0.4, -0.2) is 23.5 Å². The summed E-state index contributed by atoms with van der Waals surface area (Å²) in [5.74, 6) is -5.40. The number of rotatable bonds is 6. The van der Waals surface area contributed by atoms with E-state index in [1.165, 1.54) is 12.4 Å². The summed E-state index contributed by atoms with van der Waals surface area (Å²) >= 11 is 0. The Labute approximate surface area is 158 Å². The molecule has 1 unspecified atom stereocenters. The van der Waals surface area contributed by atoms with Crippen LogP contribution in [0.15, 0.2) is 46.1 Å². The van der Waals surface area contributed by atoms with Gasteiger partial charge < -0.3 is 4.52 Å². The Morgan fingerprint density at radius 3 is 2.36 bits per heavy atom. The van der Waals surface area contributed by atoms with Gasteiger partial charge in [-0.15, -0.1) is 0 Å². The first-order valence-electron chi connectivity index (χ1n) is 8.10. The summed E-state index contributed by atoms with van der Waals surface area (Å²) in [5.41, 5.74) is 0.599. The minimum atomic E-state index is -4.55. The number of sulfonamides is 1. The van der Waals surface area contributed by atoms with Crippen LogP contribution in [0.4, 0.5) is 13.2 Å². The van der Waals surface area contributed by atoms with Gasteiger partial charge in [-0.25, -0.2) is 21.6 Å². The van der Waals surface area contributed by atoms with E-state index in [4.69, 9.17) is 4.52 Å². The minimum absolute atomic E-state index is 0.0617. The molecule has 0 spiro atoms. The summed E-state index contributed by atoms with van der Waals surface area (Å²) in [6.07, 6.45) is 3.06. The third-order valence-corrected chi connectivity index (χ3v) is 5.34. The van der Waals surface area contributed by atoms with Gasteiger partial charge in [-0.05, 0) is 30.2 Å². The van der Waals surface area contributed by atoms with Crippen molar-refractivity contribution in [2.45, 2.75) is 24.8 Å². The van der Waals surface area contributed by atoms with E-state index in [1.807, 2.05) is 0 Å². The van der Waals surface area contributed by atoms with E-state index in [1.54, 1.807) is 26.0 Å². The van der Waals surface area contributed by atoms with Crippen LogP contribution in [0.1, 0.15) is 25.8 Å². The zero-order valence-electron chi connectivity index (χ0n) is 14.7. The van der Waals surface area contributed by atoms with Crippen LogP contribution in [-0.2, 0) is 10.0 Å². The topological polar surface area (TPSA) is 98.0 Å². The molecule has 0 aliphatic heterocycles. The highest BCUT2D eigenvalue weighted by Crippen LogP contribution is 2.27. The second kappa shape index (κ2) is 7.68. The number of benzene rings is 1. The largest absolute Gasteiger partial charge is 0.337 e. The lowest BCUT2D eigenvalue weighted by Crippen LogP contribution is -2.32. The number of hydrogen-bond acceptors (Lipinski definition) is 6. The molecule has 0 bridgehead atoms. The average molecular weight is 412 g/mol. The van der Waals surface area contributed by atoms with Crippen LogP contribution >= 0.6 is 0 Å². The number of nitrogens with zero attached hydrogens (tertiary/aromatic N) is 3. The van der Waals surface area contributed by atoms with Crippen molar-refractivity contribution in [3.8, 4) is 11.4 Å². The van der Waals surface area contributed by atoms with Crippen molar-refractivity contribution < 1.29 is 26.1 Å². The third kappa shape index (κ3) is 3.90. The number of hydrogen-bond donors (Lipinski definition) is 1. The normalized spacial score (nSPS) is 13.1. The van der Waals surface area contributed by atoms with E-state index in [2.05, 4.69) is 19.8 Å². The van der Waals surface area contributed by atoms with Gasteiger partial charge in [0.25, 0.3) is 0 Å². The zero-order valence-corrected chi connectivity index (χ0v) is 15.5. The van der Waals surface area contributed by atoms with Crippen molar-refractivity contribution in [3.05, 3.63) is 60.0 Å². The van der Waals surface area contributed by atoms with E-state index < -0.39 is 38.4 Å². The fourth-order valence-electron chi connectivity index (χ4n) is 2.40. The lowest BCUT2D eigenvalue weighted by atomic mass is 10.1. The van der Waals surface area contributed by atoms with Crippen molar-refractivity contribution in [3.63, 3.8) is 0 Å². The van der Waals surface area contributed by atoms with E-state index in [9.17, 15) is 21.6 Å². The van der Waals surface area contributed by atoms with Crippen LogP contribution in [0.3, 0.4) is 0 Å². The molecule has 148 valence electrons. The second-order valence-corrected chi connectivity index (χ2v) is 7.89. The van der Waals surface area contributed by atoms with Gasteiger partial charge in [0, 0.05) is 18.0 Å². The van der Waals surface area contributed by atoms with Gasteiger partial charge in [0.15, 0.2) is 17.5 Å². The van der Waals surface area contributed by atoms with E-state index in [0.717, 1.165) is 0 Å². The Bertz CT molecular complexity index is 1090. The highest BCUT2D eigenvalue weighted by atomic mass is 32.2. The molecule has 0 fully saturated rings. The van der Waals surface area contributed by atoms with E-state index in [0.29, 0.717) is 17.7 Å². The Balaban J connectivity index is 1.94. The van der Waals surface area contributed by atoms with E-state index in [-0.39, 0.29) is 17.6 Å². The Hall–Kier alpha value is -2.79. The Kier molecular flexibility index (Phi) is 5.47. The van der Waals surface area contributed by atoms with Gasteiger partial charge in [-0.2, -0.15) is 9.71 Å². The maximum atomic E-state index is 13.9. The maximum absolute atomic E-state index is 13.9. The summed E-state index contributed by atoms with van der Waals surface area (Å²) in [4.78, 5) is 7.03. The van der Waals surface area contributed by atoms with Crippen LogP contribution in [0, 0.1) is 23.4 Å². The number of nitrogens with one attached hydrogen (secondary N) is 1. The van der Waals surface area contributed by atoms with Gasteiger partial charge in [0.2, 0.25) is 21.7 Å². The Morgan fingerprint density at radius 2 is 1.71 bits per heavy atom. The van der Waals surface area contributed by atoms with Crippen LogP contribution < -0.4 is 4.72 Å². The van der Waals surface area contributed by atoms with Crippen molar-refractivity contribution in [2.24, 2.45) is 5.92 Å². The third-order valence-electron chi connectivity index (χ3n) is 3.88. The quantitative estimate of drug-likeness (QED) is 0.625. The first-order valence-corrected chi connectivity index (χ1v) is 9.59. The molecule has 28 heavy (non-hydrogen) atoms. The van der Waals surface area contributed by atoms with Crippen molar-refractivity contribution >= 4 is 10.0 Å². The van der Waals surface area contributed by atoms with Gasteiger partial charge in [-0.1, -0.05) is 19.0 Å². The molecule has 1 aromatic carbocycles. The van der Waals surface area contributed by atoms with Crippen molar-refractivity contribution in [1.82, 2.24) is 19.8 Å². The molecule has 0 saturated carbocycles. The molecule has 0 radical (unpaired) electrons. The fraction of sp³-hybridized carbons (Fsp3) is 0.235. The van der Waals surface area contributed by atoms with E-state index >= 15 is 0 Å². The fourth-order valence-corrected chi connectivity index (χ4v) is 3.80. The minimum Gasteiger partial charge on any atom is -0.337 e. The summed E-state index contributed by atoms with van der Waals surface area (Å²) in [6, 6.07) is 3.43. The molecule has 0 aliphatic rings. The predicted octanol–water partition coefficient (Wildman–Crippen LogP) is 3.22. The molecule has 1 N–H and O–H groups in total. The molecule has 0 aliphatic carbocycles. The number of pyridine rings is 1. The molecule has 7 nitrogen and oxygen atoms in total. The van der Waals surface area contributed by atoms with Gasteiger partial charge in [0.1, 0.15) is 10.9 Å². The smallest absolute Gasteiger partial charge is 0.245 e. The summed E-state index contributed by atoms with van der Waals surface area (Å²) in [5, 5.41) is 3.80. The summed E-state index contributed by atoms with van der Waals surface area (Å²) in [7, 11) is -4.55. The first kappa shape index (κ1) is 20.0. The molecule has 2 aromatic heterocycles. The molecular formula is C17H15F3N4O3S. The van der Waals surface area contributed by atoms with Gasteiger partial charge >= 0.3 is 0 Å². The average Bonchev–Trinajstić information content (AvgIpc) is 3.14. The first-order chi connectivity index (χ1) is 13.2. The Morgan fingerprint density at radius 1 is 1.04 bits per heavy atom. The maximum Gasteiger partial charge on any atom is 0.245 e. The standard InChI is InChI=1S/C17H15F3N4O3S/c1-9(2)15(17-22-16(23-27-17)10-5-7-21-8-6-10)24-28(25,26)12-4-3-11(18)13(19)14(12)20/h3-9,15,24H,1-2H3. The van der Waals surface area contributed by atoms with Crippen LogP contribution in [0.25, 0.3) is 11.4 Å².